The van der Waals surface area contributed by atoms with E-state index in [2.05, 4.69) is 41.7 Å². The van der Waals surface area contributed by atoms with Gasteiger partial charge in [-0.3, -0.25) is 0 Å². The van der Waals surface area contributed by atoms with Crippen LogP contribution >= 0.6 is 0 Å². The van der Waals surface area contributed by atoms with Crippen LogP contribution < -0.4 is 5.32 Å². The zero-order valence-corrected chi connectivity index (χ0v) is 10.7. The fourth-order valence-electron chi connectivity index (χ4n) is 1.90. The monoisotopic (exact) mass is 241 g/mol. The highest BCUT2D eigenvalue weighted by atomic mass is 16.5. The van der Waals surface area contributed by atoms with E-state index in [0.29, 0.717) is 13.2 Å². The average Bonchev–Trinajstić information content (AvgIpc) is 2.46. The van der Waals surface area contributed by atoms with Gasteiger partial charge in [0.15, 0.2) is 0 Å². The van der Waals surface area contributed by atoms with Gasteiger partial charge in [0.1, 0.15) is 0 Å². The number of benzene rings is 2. The molecule has 2 aromatic rings. The maximum atomic E-state index is 5.76. The van der Waals surface area contributed by atoms with Crippen LogP contribution in [0.4, 0.5) is 0 Å². The third-order valence-corrected chi connectivity index (χ3v) is 2.95. The van der Waals surface area contributed by atoms with Crippen molar-refractivity contribution < 1.29 is 4.74 Å². The molecular weight excluding hydrogens is 222 g/mol. The molecule has 2 nitrogen and oxygen atoms in total. The van der Waals surface area contributed by atoms with Crippen molar-refractivity contribution in [1.82, 2.24) is 5.32 Å². The molecule has 0 bridgehead atoms. The van der Waals surface area contributed by atoms with E-state index in [9.17, 15) is 0 Å². The number of hydrogen-bond donors (Lipinski definition) is 1. The zero-order chi connectivity index (χ0) is 12.6. The van der Waals surface area contributed by atoms with Gasteiger partial charge in [0.25, 0.3) is 0 Å². The van der Waals surface area contributed by atoms with Crippen molar-refractivity contribution in [2.45, 2.75) is 12.6 Å². The van der Waals surface area contributed by atoms with Gasteiger partial charge in [-0.15, -0.1) is 0 Å². The summed E-state index contributed by atoms with van der Waals surface area (Å²) in [4.78, 5) is 0. The number of likely N-dealkylation sites (N-methyl/N-ethyl adjacent to an activating group) is 1. The highest BCUT2D eigenvalue weighted by Gasteiger charge is 2.08. The minimum absolute atomic E-state index is 0.245. The van der Waals surface area contributed by atoms with Crippen molar-refractivity contribution in [3.8, 4) is 0 Å². The summed E-state index contributed by atoms with van der Waals surface area (Å²) >= 11 is 0. The molecular formula is C16H19NO. The molecule has 0 saturated carbocycles. The van der Waals surface area contributed by atoms with E-state index in [4.69, 9.17) is 4.74 Å². The Morgan fingerprint density at radius 2 is 1.56 bits per heavy atom. The van der Waals surface area contributed by atoms with E-state index in [1.54, 1.807) is 0 Å². The van der Waals surface area contributed by atoms with Crippen LogP contribution in [0, 0.1) is 0 Å². The third-order valence-electron chi connectivity index (χ3n) is 2.95. The Hall–Kier alpha value is -1.64. The summed E-state index contributed by atoms with van der Waals surface area (Å²) in [6.07, 6.45) is 0. The van der Waals surface area contributed by atoms with Crippen LogP contribution in [0.5, 0.6) is 0 Å². The molecule has 2 rings (SSSR count). The van der Waals surface area contributed by atoms with Gasteiger partial charge in [0.05, 0.1) is 19.3 Å². The zero-order valence-electron chi connectivity index (χ0n) is 10.7. The van der Waals surface area contributed by atoms with E-state index < -0.39 is 0 Å². The van der Waals surface area contributed by atoms with Crippen molar-refractivity contribution in [2.75, 3.05) is 13.7 Å². The van der Waals surface area contributed by atoms with Gasteiger partial charge in [0, 0.05) is 0 Å². The molecule has 0 fully saturated rings. The van der Waals surface area contributed by atoms with Crippen LogP contribution in [-0.4, -0.2) is 13.7 Å². The summed E-state index contributed by atoms with van der Waals surface area (Å²) in [5, 5.41) is 3.28. The quantitative estimate of drug-likeness (QED) is 0.838. The summed E-state index contributed by atoms with van der Waals surface area (Å²) in [7, 11) is 1.96. The normalized spacial score (nSPS) is 12.3. The summed E-state index contributed by atoms with van der Waals surface area (Å²) in [5.41, 5.74) is 2.47. The number of nitrogens with one attached hydrogen (secondary N) is 1. The van der Waals surface area contributed by atoms with E-state index in [1.807, 2.05) is 31.3 Å². The first-order chi connectivity index (χ1) is 8.90. The van der Waals surface area contributed by atoms with Crippen molar-refractivity contribution >= 4 is 0 Å². The topological polar surface area (TPSA) is 21.3 Å². The smallest absolute Gasteiger partial charge is 0.0717 e. The molecule has 1 unspecified atom stereocenters. The van der Waals surface area contributed by atoms with Crippen molar-refractivity contribution in [2.24, 2.45) is 0 Å². The van der Waals surface area contributed by atoms with E-state index in [0.717, 1.165) is 0 Å². The van der Waals surface area contributed by atoms with Gasteiger partial charge >= 0.3 is 0 Å². The first-order valence-electron chi connectivity index (χ1n) is 6.24. The van der Waals surface area contributed by atoms with Gasteiger partial charge < -0.3 is 10.1 Å². The standard InChI is InChI=1S/C16H19NO/c1-17-16(15-10-6-3-7-11-15)13-18-12-14-8-4-2-5-9-14/h2-11,16-17H,12-13H2,1H3. The SMILES string of the molecule is CNC(COCc1ccccc1)c1ccccc1. The van der Waals surface area contributed by atoms with Crippen LogP contribution in [0.2, 0.25) is 0 Å². The molecule has 94 valence electrons. The maximum absolute atomic E-state index is 5.76. The molecule has 2 heteroatoms. The van der Waals surface area contributed by atoms with Gasteiger partial charge in [-0.25, -0.2) is 0 Å². The second-order valence-electron chi connectivity index (χ2n) is 4.25. The second-order valence-corrected chi connectivity index (χ2v) is 4.25. The fourth-order valence-corrected chi connectivity index (χ4v) is 1.90. The summed E-state index contributed by atoms with van der Waals surface area (Å²) in [6, 6.07) is 20.9. The van der Waals surface area contributed by atoms with Crippen LogP contribution in [0.25, 0.3) is 0 Å². The predicted molar refractivity (Wildman–Crippen MR) is 74.3 cm³/mol. The minimum Gasteiger partial charge on any atom is -0.375 e. The maximum Gasteiger partial charge on any atom is 0.0717 e. The molecule has 0 aromatic heterocycles. The molecule has 0 saturated heterocycles. The Labute approximate surface area is 109 Å². The molecule has 0 aliphatic heterocycles. The van der Waals surface area contributed by atoms with Gasteiger partial charge in [-0.05, 0) is 18.2 Å². The number of rotatable bonds is 6. The molecule has 1 N–H and O–H groups in total. The van der Waals surface area contributed by atoms with Crippen molar-refractivity contribution in [3.63, 3.8) is 0 Å². The van der Waals surface area contributed by atoms with Crippen molar-refractivity contribution in [1.29, 1.82) is 0 Å². The van der Waals surface area contributed by atoms with E-state index in [-0.39, 0.29) is 6.04 Å². The fraction of sp³-hybridized carbons (Fsp3) is 0.250. The summed E-state index contributed by atoms with van der Waals surface area (Å²) in [6.45, 7) is 1.33. The molecule has 0 heterocycles. The van der Waals surface area contributed by atoms with Crippen LogP contribution in [0.15, 0.2) is 60.7 Å². The first kappa shape index (κ1) is 12.8. The molecule has 18 heavy (non-hydrogen) atoms. The molecule has 0 aliphatic carbocycles. The highest BCUT2D eigenvalue weighted by molar-refractivity contribution is 5.19. The Morgan fingerprint density at radius 3 is 2.17 bits per heavy atom. The first-order valence-corrected chi connectivity index (χ1v) is 6.24. The lowest BCUT2D eigenvalue weighted by molar-refractivity contribution is 0.101. The van der Waals surface area contributed by atoms with Gasteiger partial charge in [0.2, 0.25) is 0 Å². The molecule has 2 aromatic carbocycles. The molecule has 0 spiro atoms. The molecule has 1 atom stereocenters. The van der Waals surface area contributed by atoms with E-state index in [1.165, 1.54) is 11.1 Å². The van der Waals surface area contributed by atoms with Gasteiger partial charge in [-0.2, -0.15) is 0 Å². The lowest BCUT2D eigenvalue weighted by atomic mass is 10.1. The van der Waals surface area contributed by atoms with Gasteiger partial charge in [-0.1, -0.05) is 60.7 Å². The third kappa shape index (κ3) is 3.69. The molecule has 0 amide bonds. The lowest BCUT2D eigenvalue weighted by Crippen LogP contribution is -2.21. The number of hydrogen-bond acceptors (Lipinski definition) is 2. The Balaban J connectivity index is 1.85. The average molecular weight is 241 g/mol. The Kier molecular flexibility index (Phi) is 4.94. The lowest BCUT2D eigenvalue weighted by Gasteiger charge is -2.16. The largest absolute Gasteiger partial charge is 0.375 e. The van der Waals surface area contributed by atoms with E-state index >= 15 is 0 Å². The molecule has 0 aliphatic rings. The van der Waals surface area contributed by atoms with Crippen LogP contribution in [-0.2, 0) is 11.3 Å². The summed E-state index contributed by atoms with van der Waals surface area (Å²) < 4.78 is 5.76. The second kappa shape index (κ2) is 6.94. The van der Waals surface area contributed by atoms with Crippen LogP contribution in [0.1, 0.15) is 17.2 Å². The van der Waals surface area contributed by atoms with Crippen LogP contribution in [0.3, 0.4) is 0 Å². The minimum atomic E-state index is 0.245. The molecule has 0 radical (unpaired) electrons. The Bertz CT molecular complexity index is 441. The highest BCUT2D eigenvalue weighted by Crippen LogP contribution is 2.13. The summed E-state index contributed by atoms with van der Waals surface area (Å²) in [5.74, 6) is 0. The number of ether oxygens (including phenoxy) is 1. The predicted octanol–water partition coefficient (Wildman–Crippen LogP) is 3.16. The Morgan fingerprint density at radius 1 is 0.944 bits per heavy atom. The van der Waals surface area contributed by atoms with Crippen molar-refractivity contribution in [3.05, 3.63) is 71.8 Å².